The number of nitro benzene ring substituents is 1. The summed E-state index contributed by atoms with van der Waals surface area (Å²) in [7, 11) is 0. The smallest absolute Gasteiger partial charge is 0.311 e. The zero-order valence-electron chi connectivity index (χ0n) is 11.7. The van der Waals surface area contributed by atoms with E-state index in [0.717, 1.165) is 0 Å². The lowest BCUT2D eigenvalue weighted by molar-refractivity contribution is -0.385. The molecule has 0 aliphatic rings. The molecule has 1 aromatic carbocycles. The number of amides is 1. The average molecular weight is 424 g/mol. The van der Waals surface area contributed by atoms with E-state index in [1.54, 1.807) is 6.92 Å². The number of para-hydroxylation sites is 1. The molecule has 116 valence electrons. The summed E-state index contributed by atoms with van der Waals surface area (Å²) in [5.74, 6) is -0.419. The van der Waals surface area contributed by atoms with E-state index < -0.39 is 16.4 Å². The third-order valence-electron chi connectivity index (χ3n) is 2.73. The molecule has 0 aromatic heterocycles. The average Bonchev–Trinajstić information content (AvgIpc) is 2.47. The van der Waals surface area contributed by atoms with Crippen molar-refractivity contribution in [1.29, 1.82) is 0 Å². The second kappa shape index (κ2) is 7.74. The Hall–Kier alpha value is -1.15. The third kappa shape index (κ3) is 4.41. The van der Waals surface area contributed by atoms with Crippen molar-refractivity contribution in [2.24, 2.45) is 0 Å². The summed E-state index contributed by atoms with van der Waals surface area (Å²) in [6, 6.07) is 4.29. The van der Waals surface area contributed by atoms with Gasteiger partial charge in [-0.25, -0.2) is 0 Å². The SMILES string of the molecule is CCOc1c(C(=O)NC(C)(CBr)CBr)cccc1[N+](=O)[O-]. The molecule has 8 heteroatoms. The number of halogens is 2. The number of hydrogen-bond donors (Lipinski definition) is 1. The second-order valence-corrected chi connectivity index (χ2v) is 5.75. The fraction of sp³-hybridized carbons (Fsp3) is 0.462. The van der Waals surface area contributed by atoms with Crippen molar-refractivity contribution in [2.45, 2.75) is 19.4 Å². The summed E-state index contributed by atoms with van der Waals surface area (Å²) in [5.41, 5.74) is -0.575. The van der Waals surface area contributed by atoms with Gasteiger partial charge >= 0.3 is 5.69 Å². The van der Waals surface area contributed by atoms with Gasteiger partial charge in [-0.3, -0.25) is 14.9 Å². The van der Waals surface area contributed by atoms with Gasteiger partial charge in [-0.15, -0.1) is 0 Å². The Morgan fingerprint density at radius 2 is 2.05 bits per heavy atom. The number of nitrogens with one attached hydrogen (secondary N) is 1. The van der Waals surface area contributed by atoms with E-state index in [-0.39, 0.29) is 23.6 Å². The Balaban J connectivity index is 3.20. The highest BCUT2D eigenvalue weighted by atomic mass is 79.9. The van der Waals surface area contributed by atoms with Crippen molar-refractivity contribution in [1.82, 2.24) is 5.32 Å². The summed E-state index contributed by atoms with van der Waals surface area (Å²) in [6.07, 6.45) is 0. The summed E-state index contributed by atoms with van der Waals surface area (Å²) in [5, 5.41) is 15.0. The van der Waals surface area contributed by atoms with E-state index in [0.29, 0.717) is 10.7 Å². The minimum atomic E-state index is -0.560. The lowest BCUT2D eigenvalue weighted by Gasteiger charge is -2.26. The molecule has 0 radical (unpaired) electrons. The van der Waals surface area contributed by atoms with Gasteiger partial charge in [0.05, 0.1) is 22.6 Å². The van der Waals surface area contributed by atoms with Crippen LogP contribution in [0.25, 0.3) is 0 Å². The molecule has 0 saturated carbocycles. The highest BCUT2D eigenvalue weighted by Crippen LogP contribution is 2.31. The first-order valence-electron chi connectivity index (χ1n) is 6.23. The quantitative estimate of drug-likeness (QED) is 0.414. The molecule has 0 aliphatic carbocycles. The molecule has 0 heterocycles. The molecule has 1 N–H and O–H groups in total. The van der Waals surface area contributed by atoms with Crippen LogP contribution in [0.3, 0.4) is 0 Å². The fourth-order valence-corrected chi connectivity index (χ4v) is 2.80. The van der Waals surface area contributed by atoms with E-state index in [9.17, 15) is 14.9 Å². The van der Waals surface area contributed by atoms with Crippen molar-refractivity contribution in [3.8, 4) is 5.75 Å². The molecule has 1 aromatic rings. The molecule has 1 rings (SSSR count). The summed E-state index contributed by atoms with van der Waals surface area (Å²) in [4.78, 5) is 22.9. The van der Waals surface area contributed by atoms with Gasteiger partial charge in [0.1, 0.15) is 0 Å². The van der Waals surface area contributed by atoms with Crippen molar-refractivity contribution in [3.05, 3.63) is 33.9 Å². The van der Waals surface area contributed by atoms with Crippen molar-refractivity contribution in [3.63, 3.8) is 0 Å². The first-order valence-corrected chi connectivity index (χ1v) is 8.47. The number of hydrogen-bond acceptors (Lipinski definition) is 4. The molecule has 0 saturated heterocycles. The molecule has 21 heavy (non-hydrogen) atoms. The minimum absolute atomic E-state index is 0.00556. The number of nitrogens with zero attached hydrogens (tertiary/aromatic N) is 1. The lowest BCUT2D eigenvalue weighted by atomic mass is 10.1. The maximum atomic E-state index is 12.4. The predicted molar refractivity (Wildman–Crippen MR) is 87.7 cm³/mol. The topological polar surface area (TPSA) is 81.5 Å². The van der Waals surface area contributed by atoms with Crippen molar-refractivity contribution >= 4 is 43.5 Å². The third-order valence-corrected chi connectivity index (χ3v) is 5.20. The van der Waals surface area contributed by atoms with E-state index in [1.165, 1.54) is 18.2 Å². The monoisotopic (exact) mass is 422 g/mol. The number of ether oxygens (including phenoxy) is 1. The van der Waals surface area contributed by atoms with E-state index in [2.05, 4.69) is 37.2 Å². The van der Waals surface area contributed by atoms with Gasteiger partial charge in [0.2, 0.25) is 5.75 Å². The largest absolute Gasteiger partial charge is 0.487 e. The second-order valence-electron chi connectivity index (χ2n) is 4.63. The molecule has 0 bridgehead atoms. The van der Waals surface area contributed by atoms with E-state index in [4.69, 9.17) is 4.74 Å². The number of benzene rings is 1. The maximum absolute atomic E-state index is 12.4. The van der Waals surface area contributed by atoms with Crippen molar-refractivity contribution < 1.29 is 14.5 Å². The van der Waals surface area contributed by atoms with Crippen LogP contribution in [0.4, 0.5) is 5.69 Å². The molecule has 0 aliphatic heterocycles. The molecule has 6 nitrogen and oxygen atoms in total. The number of alkyl halides is 2. The molecular weight excluding hydrogens is 408 g/mol. The summed E-state index contributed by atoms with van der Waals surface area (Å²) >= 11 is 6.67. The lowest BCUT2D eigenvalue weighted by Crippen LogP contribution is -2.49. The standard InChI is InChI=1S/C13H16Br2N2O4/c1-3-21-11-9(5-4-6-10(11)17(19)20)12(18)16-13(2,7-14)8-15/h4-6H,3,7-8H2,1-2H3,(H,16,18). The van der Waals surface area contributed by atoms with E-state index >= 15 is 0 Å². The fourth-order valence-electron chi connectivity index (χ4n) is 1.59. The number of carbonyl (C=O) groups excluding carboxylic acids is 1. The number of nitro groups is 1. The first-order chi connectivity index (χ1) is 9.88. The first kappa shape index (κ1) is 17.9. The number of carbonyl (C=O) groups is 1. The summed E-state index contributed by atoms with van der Waals surface area (Å²) in [6.45, 7) is 3.80. The Labute approximate surface area is 139 Å². The van der Waals surface area contributed by atoms with Gasteiger partial charge in [-0.1, -0.05) is 37.9 Å². The van der Waals surface area contributed by atoms with Gasteiger partial charge in [0.25, 0.3) is 5.91 Å². The molecule has 0 fully saturated rings. The Morgan fingerprint density at radius 1 is 1.43 bits per heavy atom. The van der Waals surface area contributed by atoms with Crippen LogP contribution >= 0.6 is 31.9 Å². The summed E-state index contributed by atoms with van der Waals surface area (Å²) < 4.78 is 5.31. The van der Waals surface area contributed by atoms with Gasteiger partial charge in [-0.05, 0) is 19.9 Å². The van der Waals surface area contributed by atoms with Crippen LogP contribution in [-0.4, -0.2) is 33.6 Å². The van der Waals surface area contributed by atoms with Gasteiger partial charge in [0, 0.05) is 16.7 Å². The Morgan fingerprint density at radius 3 is 2.52 bits per heavy atom. The zero-order valence-corrected chi connectivity index (χ0v) is 14.9. The molecule has 0 spiro atoms. The van der Waals surface area contributed by atoms with Crippen LogP contribution in [0.1, 0.15) is 24.2 Å². The minimum Gasteiger partial charge on any atom is -0.487 e. The highest BCUT2D eigenvalue weighted by Gasteiger charge is 2.28. The highest BCUT2D eigenvalue weighted by molar-refractivity contribution is 9.09. The molecular formula is C13H16Br2N2O4. The molecule has 0 atom stereocenters. The van der Waals surface area contributed by atoms with Crippen LogP contribution in [0, 0.1) is 10.1 Å². The zero-order chi connectivity index (χ0) is 16.0. The Bertz CT molecular complexity index is 533. The Kier molecular flexibility index (Phi) is 6.60. The van der Waals surface area contributed by atoms with Gasteiger partial charge in [-0.2, -0.15) is 0 Å². The molecule has 0 unspecified atom stereocenters. The maximum Gasteiger partial charge on any atom is 0.311 e. The van der Waals surface area contributed by atoms with Crippen LogP contribution in [0.2, 0.25) is 0 Å². The van der Waals surface area contributed by atoms with Crippen LogP contribution < -0.4 is 10.1 Å². The van der Waals surface area contributed by atoms with Crippen LogP contribution in [0.15, 0.2) is 18.2 Å². The molecule has 1 amide bonds. The van der Waals surface area contributed by atoms with Crippen LogP contribution in [-0.2, 0) is 0 Å². The van der Waals surface area contributed by atoms with Gasteiger partial charge < -0.3 is 10.1 Å². The van der Waals surface area contributed by atoms with E-state index in [1.807, 2.05) is 6.92 Å². The normalized spacial score (nSPS) is 11.0. The van der Waals surface area contributed by atoms with Crippen molar-refractivity contribution in [2.75, 3.05) is 17.3 Å². The van der Waals surface area contributed by atoms with Gasteiger partial charge in [0.15, 0.2) is 0 Å². The number of rotatable bonds is 7. The predicted octanol–water partition coefficient (Wildman–Crippen LogP) is 3.27. The van der Waals surface area contributed by atoms with Crippen LogP contribution in [0.5, 0.6) is 5.75 Å².